The molecular weight excluding hydrogens is 367 g/mol. The zero-order chi connectivity index (χ0) is 20.3. The molecule has 4 rings (SSSR count). The highest BCUT2D eigenvalue weighted by Gasteiger charge is 2.49. The summed E-state index contributed by atoms with van der Waals surface area (Å²) in [6.07, 6.45) is 4.23. The zero-order valence-electron chi connectivity index (χ0n) is 16.6. The fourth-order valence-corrected chi connectivity index (χ4v) is 4.81. The molecule has 5 heteroatoms. The lowest BCUT2D eigenvalue weighted by Crippen LogP contribution is -2.52. The summed E-state index contributed by atoms with van der Waals surface area (Å²) >= 11 is 0. The number of aryl methyl sites for hydroxylation is 1. The molecule has 152 valence electrons. The maximum absolute atomic E-state index is 13.9. The topological polar surface area (TPSA) is 49.4 Å². The van der Waals surface area contributed by atoms with Crippen LogP contribution in [0.15, 0.2) is 54.6 Å². The van der Waals surface area contributed by atoms with Gasteiger partial charge in [-0.25, -0.2) is 4.39 Å². The zero-order valence-corrected chi connectivity index (χ0v) is 16.6. The highest BCUT2D eigenvalue weighted by atomic mass is 19.1. The molecule has 0 saturated carbocycles. The second kappa shape index (κ2) is 8.36. The molecule has 0 bridgehead atoms. The Morgan fingerprint density at radius 2 is 1.97 bits per heavy atom. The van der Waals surface area contributed by atoms with E-state index in [0.29, 0.717) is 32.4 Å². The number of nitrogens with one attached hydrogen (secondary N) is 1. The van der Waals surface area contributed by atoms with Gasteiger partial charge in [0.15, 0.2) is 0 Å². The van der Waals surface area contributed by atoms with Crippen LogP contribution in [0.2, 0.25) is 0 Å². The molecule has 2 heterocycles. The molecule has 1 N–H and O–H groups in total. The van der Waals surface area contributed by atoms with Gasteiger partial charge in [-0.05, 0) is 42.5 Å². The van der Waals surface area contributed by atoms with Gasteiger partial charge in [0.05, 0.1) is 5.54 Å². The SMILES string of the molecule is O=C1CCCC[C@]2(CN(C(=O)CCc3ccccc3)C[C@H]2c2cccc(F)c2)N1. The van der Waals surface area contributed by atoms with Crippen LogP contribution in [0.5, 0.6) is 0 Å². The molecule has 2 aliphatic rings. The first kappa shape index (κ1) is 19.6. The number of amides is 2. The first-order valence-electron chi connectivity index (χ1n) is 10.4. The maximum atomic E-state index is 13.9. The van der Waals surface area contributed by atoms with Crippen LogP contribution in [-0.4, -0.2) is 35.3 Å². The molecule has 0 radical (unpaired) electrons. The summed E-state index contributed by atoms with van der Waals surface area (Å²) in [4.78, 5) is 27.2. The normalized spacial score (nSPS) is 24.4. The third-order valence-corrected chi connectivity index (χ3v) is 6.28. The van der Waals surface area contributed by atoms with Crippen molar-refractivity contribution in [2.45, 2.75) is 50.0 Å². The van der Waals surface area contributed by atoms with Gasteiger partial charge in [-0.2, -0.15) is 0 Å². The second-order valence-corrected chi connectivity index (χ2v) is 8.28. The largest absolute Gasteiger partial charge is 0.348 e. The van der Waals surface area contributed by atoms with Crippen molar-refractivity contribution in [3.05, 3.63) is 71.5 Å². The highest BCUT2D eigenvalue weighted by molar-refractivity contribution is 5.79. The predicted molar refractivity (Wildman–Crippen MR) is 110 cm³/mol. The van der Waals surface area contributed by atoms with Crippen molar-refractivity contribution >= 4 is 11.8 Å². The Morgan fingerprint density at radius 3 is 2.76 bits per heavy atom. The van der Waals surface area contributed by atoms with E-state index in [2.05, 4.69) is 5.32 Å². The summed E-state index contributed by atoms with van der Waals surface area (Å²) in [5, 5.41) is 3.23. The van der Waals surface area contributed by atoms with Crippen LogP contribution in [0.25, 0.3) is 0 Å². The van der Waals surface area contributed by atoms with Crippen LogP contribution >= 0.6 is 0 Å². The average molecular weight is 394 g/mol. The van der Waals surface area contributed by atoms with Gasteiger partial charge in [-0.15, -0.1) is 0 Å². The minimum absolute atomic E-state index is 0.0301. The van der Waals surface area contributed by atoms with E-state index >= 15 is 0 Å². The summed E-state index contributed by atoms with van der Waals surface area (Å²) in [6, 6.07) is 16.6. The third-order valence-electron chi connectivity index (χ3n) is 6.28. The number of rotatable bonds is 4. The number of benzene rings is 2. The molecule has 2 atom stereocenters. The van der Waals surface area contributed by atoms with Gasteiger partial charge >= 0.3 is 0 Å². The minimum atomic E-state index is -0.510. The van der Waals surface area contributed by atoms with Crippen molar-refractivity contribution in [3.63, 3.8) is 0 Å². The van der Waals surface area contributed by atoms with E-state index in [0.717, 1.165) is 30.4 Å². The smallest absolute Gasteiger partial charge is 0.223 e. The average Bonchev–Trinajstić information content (AvgIpc) is 2.98. The van der Waals surface area contributed by atoms with E-state index in [4.69, 9.17) is 0 Å². The fraction of sp³-hybridized carbons (Fsp3) is 0.417. The van der Waals surface area contributed by atoms with E-state index in [1.807, 2.05) is 41.3 Å². The number of halogens is 1. The summed E-state index contributed by atoms with van der Waals surface area (Å²) in [5.74, 6) is -0.263. The number of nitrogens with zero attached hydrogens (tertiary/aromatic N) is 1. The lowest BCUT2D eigenvalue weighted by molar-refractivity contribution is -0.131. The van der Waals surface area contributed by atoms with Crippen molar-refractivity contribution in [3.8, 4) is 0 Å². The van der Waals surface area contributed by atoms with Crippen molar-refractivity contribution in [2.75, 3.05) is 13.1 Å². The fourth-order valence-electron chi connectivity index (χ4n) is 4.81. The van der Waals surface area contributed by atoms with Gasteiger partial charge in [0, 0.05) is 31.8 Å². The Labute approximate surface area is 171 Å². The monoisotopic (exact) mass is 394 g/mol. The van der Waals surface area contributed by atoms with Crippen molar-refractivity contribution in [2.24, 2.45) is 0 Å². The van der Waals surface area contributed by atoms with Crippen LogP contribution in [0.4, 0.5) is 4.39 Å². The lowest BCUT2D eigenvalue weighted by atomic mass is 9.79. The third kappa shape index (κ3) is 4.34. The summed E-state index contributed by atoms with van der Waals surface area (Å²) in [5.41, 5.74) is 1.48. The minimum Gasteiger partial charge on any atom is -0.348 e. The molecule has 2 saturated heterocycles. The van der Waals surface area contributed by atoms with Crippen molar-refractivity contribution in [1.29, 1.82) is 0 Å². The first-order valence-corrected chi connectivity index (χ1v) is 10.4. The summed E-state index contributed by atoms with van der Waals surface area (Å²) in [7, 11) is 0. The molecule has 1 spiro atoms. The van der Waals surface area contributed by atoms with Crippen molar-refractivity contribution in [1.82, 2.24) is 10.2 Å². The quantitative estimate of drug-likeness (QED) is 0.857. The molecule has 2 aliphatic heterocycles. The van der Waals surface area contributed by atoms with E-state index in [1.54, 1.807) is 12.1 Å². The van der Waals surface area contributed by atoms with E-state index < -0.39 is 5.54 Å². The second-order valence-electron chi connectivity index (χ2n) is 8.28. The molecule has 2 aromatic rings. The molecule has 4 nitrogen and oxygen atoms in total. The molecule has 2 aromatic carbocycles. The molecule has 0 aliphatic carbocycles. The van der Waals surface area contributed by atoms with Crippen molar-refractivity contribution < 1.29 is 14.0 Å². The predicted octanol–water partition coefficient (Wildman–Crippen LogP) is 3.81. The van der Waals surface area contributed by atoms with E-state index in [-0.39, 0.29) is 23.5 Å². The Hall–Kier alpha value is -2.69. The van der Waals surface area contributed by atoms with Gasteiger partial charge in [0.25, 0.3) is 0 Å². The Morgan fingerprint density at radius 1 is 1.14 bits per heavy atom. The molecule has 0 unspecified atom stereocenters. The first-order chi connectivity index (χ1) is 14.1. The Balaban J connectivity index is 1.56. The van der Waals surface area contributed by atoms with Crippen LogP contribution in [-0.2, 0) is 16.0 Å². The van der Waals surface area contributed by atoms with Crippen LogP contribution in [0.1, 0.15) is 49.1 Å². The van der Waals surface area contributed by atoms with Gasteiger partial charge in [-0.3, -0.25) is 9.59 Å². The van der Waals surface area contributed by atoms with Crippen LogP contribution in [0.3, 0.4) is 0 Å². The molecular formula is C24H27FN2O2. The Kier molecular flexibility index (Phi) is 5.65. The summed E-state index contributed by atoms with van der Waals surface area (Å²) in [6.45, 7) is 1.00. The summed E-state index contributed by atoms with van der Waals surface area (Å²) < 4.78 is 13.9. The number of carbonyl (C=O) groups is 2. The molecule has 2 fully saturated rings. The van der Waals surface area contributed by atoms with Gasteiger partial charge in [-0.1, -0.05) is 48.9 Å². The molecule has 2 amide bonds. The maximum Gasteiger partial charge on any atom is 0.223 e. The number of carbonyl (C=O) groups excluding carboxylic acids is 2. The number of hydrogen-bond donors (Lipinski definition) is 1. The van der Waals surface area contributed by atoms with Gasteiger partial charge < -0.3 is 10.2 Å². The number of likely N-dealkylation sites (tertiary alicyclic amines) is 1. The Bertz CT molecular complexity index is 885. The lowest BCUT2D eigenvalue weighted by Gasteiger charge is -2.34. The van der Waals surface area contributed by atoms with Gasteiger partial charge in [0.2, 0.25) is 11.8 Å². The van der Waals surface area contributed by atoms with E-state index in [9.17, 15) is 14.0 Å². The molecule has 0 aromatic heterocycles. The van der Waals surface area contributed by atoms with Crippen LogP contribution < -0.4 is 5.32 Å². The van der Waals surface area contributed by atoms with Crippen LogP contribution in [0, 0.1) is 5.82 Å². The van der Waals surface area contributed by atoms with Gasteiger partial charge in [0.1, 0.15) is 5.82 Å². The standard InChI is InChI=1S/C24H27FN2O2/c25-20-10-6-9-19(15-20)21-16-27(17-24(21)14-5-4-11-22(28)26-24)23(29)13-12-18-7-2-1-3-8-18/h1-3,6-10,15,21H,4-5,11-14,16-17H2,(H,26,28)/t21-,24+/m0/s1. The van der Waals surface area contributed by atoms with E-state index in [1.165, 1.54) is 6.07 Å². The molecule has 29 heavy (non-hydrogen) atoms. The highest BCUT2D eigenvalue weighted by Crippen LogP contribution is 2.41. The number of hydrogen-bond acceptors (Lipinski definition) is 2.